The van der Waals surface area contributed by atoms with E-state index in [1.165, 1.54) is 11.3 Å². The highest BCUT2D eigenvalue weighted by Crippen LogP contribution is 1.99. The molecule has 0 spiro atoms. The van der Waals surface area contributed by atoms with Gasteiger partial charge in [0.25, 0.3) is 5.91 Å². The second kappa shape index (κ2) is 3.74. The third-order valence-electron chi connectivity index (χ3n) is 1.02. The molecule has 1 aromatic rings. The highest BCUT2D eigenvalue weighted by molar-refractivity contribution is 7.07. The number of hydrogen-bond donors (Lipinski definition) is 1. The lowest BCUT2D eigenvalue weighted by Crippen LogP contribution is -2.23. The van der Waals surface area contributed by atoms with Crippen LogP contribution in [0.4, 0.5) is 0 Å². The average molecular weight is 166 g/mol. The molecule has 0 aliphatic carbocycles. The van der Waals surface area contributed by atoms with Gasteiger partial charge in [-0.1, -0.05) is 5.92 Å². The van der Waals surface area contributed by atoms with Gasteiger partial charge in [-0.3, -0.25) is 4.79 Å². The summed E-state index contributed by atoms with van der Waals surface area (Å²) >= 11 is 1.38. The second-order valence-corrected chi connectivity index (χ2v) is 2.48. The summed E-state index contributed by atoms with van der Waals surface area (Å²) in [6, 6.07) is 0. The molecule has 56 valence electrons. The number of rotatable bonds is 2. The molecule has 0 aliphatic heterocycles. The maximum absolute atomic E-state index is 11.0. The van der Waals surface area contributed by atoms with Crippen LogP contribution in [0.25, 0.3) is 0 Å². The van der Waals surface area contributed by atoms with E-state index in [-0.39, 0.29) is 12.5 Å². The van der Waals surface area contributed by atoms with Crippen molar-refractivity contribution in [2.24, 2.45) is 0 Å². The van der Waals surface area contributed by atoms with Gasteiger partial charge in [0.05, 0.1) is 12.1 Å². The van der Waals surface area contributed by atoms with Gasteiger partial charge in [0, 0.05) is 5.38 Å². The van der Waals surface area contributed by atoms with E-state index in [0.29, 0.717) is 5.69 Å². The number of carbonyl (C=O) groups excluding carboxylic acids is 1. The maximum atomic E-state index is 11.0. The number of terminal acetylenes is 1. The van der Waals surface area contributed by atoms with Crippen LogP contribution in [0.3, 0.4) is 0 Å². The average Bonchev–Trinajstić information content (AvgIpc) is 2.52. The molecule has 0 bridgehead atoms. The molecule has 3 nitrogen and oxygen atoms in total. The van der Waals surface area contributed by atoms with E-state index in [1.807, 2.05) is 0 Å². The van der Waals surface area contributed by atoms with E-state index in [9.17, 15) is 4.79 Å². The topological polar surface area (TPSA) is 42.0 Å². The quantitative estimate of drug-likeness (QED) is 0.650. The third-order valence-corrected chi connectivity index (χ3v) is 1.60. The maximum Gasteiger partial charge on any atom is 0.271 e. The van der Waals surface area contributed by atoms with Gasteiger partial charge in [-0.2, -0.15) is 0 Å². The number of hydrogen-bond acceptors (Lipinski definition) is 3. The first-order valence-electron chi connectivity index (χ1n) is 2.94. The predicted octanol–water partition coefficient (Wildman–Crippen LogP) is 0.506. The van der Waals surface area contributed by atoms with Crippen LogP contribution in [0.15, 0.2) is 10.9 Å². The molecular weight excluding hydrogens is 160 g/mol. The molecule has 0 fully saturated rings. The summed E-state index contributed by atoms with van der Waals surface area (Å²) in [6.45, 7) is 0.246. The van der Waals surface area contributed by atoms with E-state index in [2.05, 4.69) is 16.2 Å². The van der Waals surface area contributed by atoms with Gasteiger partial charge < -0.3 is 5.32 Å². The first kappa shape index (κ1) is 7.76. The fourth-order valence-electron chi connectivity index (χ4n) is 0.547. The Labute approximate surface area is 68.5 Å². The van der Waals surface area contributed by atoms with Crippen LogP contribution in [0.1, 0.15) is 10.5 Å². The highest BCUT2D eigenvalue weighted by atomic mass is 32.1. The molecule has 0 aromatic carbocycles. The lowest BCUT2D eigenvalue weighted by molar-refractivity contribution is 0.0954. The van der Waals surface area contributed by atoms with Crippen LogP contribution in [0, 0.1) is 12.3 Å². The first-order chi connectivity index (χ1) is 5.34. The van der Waals surface area contributed by atoms with Crippen LogP contribution in [-0.4, -0.2) is 17.4 Å². The van der Waals surface area contributed by atoms with E-state index in [1.54, 1.807) is 10.9 Å². The number of amides is 1. The lowest BCUT2D eigenvalue weighted by atomic mass is 10.4. The highest BCUT2D eigenvalue weighted by Gasteiger charge is 2.04. The smallest absolute Gasteiger partial charge is 0.271 e. The second-order valence-electron chi connectivity index (χ2n) is 1.76. The van der Waals surface area contributed by atoms with Gasteiger partial charge in [0.1, 0.15) is 5.69 Å². The van der Waals surface area contributed by atoms with Crippen molar-refractivity contribution >= 4 is 17.2 Å². The Morgan fingerprint density at radius 2 is 2.73 bits per heavy atom. The molecule has 1 rings (SSSR count). The summed E-state index contributed by atoms with van der Waals surface area (Å²) < 4.78 is 0. The minimum Gasteiger partial charge on any atom is -0.340 e. The Hall–Kier alpha value is -1.34. The summed E-state index contributed by atoms with van der Waals surface area (Å²) in [5, 5.41) is 4.18. The van der Waals surface area contributed by atoms with Crippen molar-refractivity contribution in [1.82, 2.24) is 10.3 Å². The monoisotopic (exact) mass is 166 g/mol. The van der Waals surface area contributed by atoms with Gasteiger partial charge in [-0.05, 0) is 0 Å². The molecule has 1 N–H and O–H groups in total. The van der Waals surface area contributed by atoms with Crippen molar-refractivity contribution in [2.75, 3.05) is 6.54 Å². The van der Waals surface area contributed by atoms with E-state index >= 15 is 0 Å². The number of aromatic nitrogens is 1. The lowest BCUT2D eigenvalue weighted by Gasteiger charge is -1.94. The first-order valence-corrected chi connectivity index (χ1v) is 3.88. The van der Waals surface area contributed by atoms with E-state index < -0.39 is 0 Å². The molecule has 0 atom stereocenters. The van der Waals surface area contributed by atoms with Gasteiger partial charge in [-0.25, -0.2) is 4.98 Å². The van der Waals surface area contributed by atoms with Gasteiger partial charge in [0.15, 0.2) is 0 Å². The van der Waals surface area contributed by atoms with Gasteiger partial charge in [0.2, 0.25) is 0 Å². The van der Waals surface area contributed by atoms with Crippen LogP contribution in [0.2, 0.25) is 0 Å². The molecule has 1 amide bonds. The summed E-state index contributed by atoms with van der Waals surface area (Å²) in [5.74, 6) is 2.09. The summed E-state index contributed by atoms with van der Waals surface area (Å²) in [6.07, 6.45) is 4.95. The van der Waals surface area contributed by atoms with Crippen molar-refractivity contribution in [3.05, 3.63) is 16.6 Å². The number of nitrogens with zero attached hydrogens (tertiary/aromatic N) is 1. The van der Waals surface area contributed by atoms with Gasteiger partial charge >= 0.3 is 0 Å². The summed E-state index contributed by atoms with van der Waals surface area (Å²) in [4.78, 5) is 14.8. The Balaban J connectivity index is 2.51. The Bertz CT molecular complexity index is 273. The molecule has 0 unspecified atom stereocenters. The van der Waals surface area contributed by atoms with Crippen molar-refractivity contribution in [1.29, 1.82) is 0 Å². The Morgan fingerprint density at radius 3 is 3.27 bits per heavy atom. The van der Waals surface area contributed by atoms with Crippen LogP contribution in [-0.2, 0) is 0 Å². The number of carbonyl (C=O) groups is 1. The van der Waals surface area contributed by atoms with Crippen LogP contribution in [0.5, 0.6) is 0 Å². The number of thiazole rings is 1. The van der Waals surface area contributed by atoms with Crippen LogP contribution < -0.4 is 5.32 Å². The minimum atomic E-state index is -0.218. The third kappa shape index (κ3) is 2.06. The SMILES string of the molecule is C#CCNC(=O)c1cscn1. The summed E-state index contributed by atoms with van der Waals surface area (Å²) in [7, 11) is 0. The Kier molecular flexibility index (Phi) is 2.64. The standard InChI is InChI=1S/C7H6N2OS/c1-2-3-8-7(10)6-4-11-5-9-6/h1,4-5H,3H2,(H,8,10). The normalized spacial score (nSPS) is 8.64. The molecule has 1 heterocycles. The molecule has 0 radical (unpaired) electrons. The predicted molar refractivity (Wildman–Crippen MR) is 43.3 cm³/mol. The fourth-order valence-corrected chi connectivity index (χ4v) is 1.08. The van der Waals surface area contributed by atoms with Gasteiger partial charge in [-0.15, -0.1) is 17.8 Å². The molecule has 0 saturated heterocycles. The molecule has 0 aliphatic rings. The zero-order chi connectivity index (χ0) is 8.10. The molecule has 1 aromatic heterocycles. The zero-order valence-electron chi connectivity index (χ0n) is 5.70. The van der Waals surface area contributed by atoms with Crippen molar-refractivity contribution < 1.29 is 4.79 Å². The molecular formula is C7H6N2OS. The summed E-state index contributed by atoms with van der Waals surface area (Å²) in [5.41, 5.74) is 2.02. The molecule has 11 heavy (non-hydrogen) atoms. The Morgan fingerprint density at radius 1 is 1.91 bits per heavy atom. The van der Waals surface area contributed by atoms with Crippen LogP contribution >= 0.6 is 11.3 Å². The molecule has 4 heteroatoms. The largest absolute Gasteiger partial charge is 0.340 e. The van der Waals surface area contributed by atoms with Crippen molar-refractivity contribution in [2.45, 2.75) is 0 Å². The molecule has 0 saturated carbocycles. The van der Waals surface area contributed by atoms with E-state index in [0.717, 1.165) is 0 Å². The number of nitrogens with one attached hydrogen (secondary N) is 1. The zero-order valence-corrected chi connectivity index (χ0v) is 6.52. The minimum absolute atomic E-state index is 0.218. The van der Waals surface area contributed by atoms with Crippen molar-refractivity contribution in [3.63, 3.8) is 0 Å². The fraction of sp³-hybridized carbons (Fsp3) is 0.143. The van der Waals surface area contributed by atoms with E-state index in [4.69, 9.17) is 6.42 Å². The van der Waals surface area contributed by atoms with Crippen molar-refractivity contribution in [3.8, 4) is 12.3 Å².